The van der Waals surface area contributed by atoms with Crippen molar-refractivity contribution in [3.05, 3.63) is 101 Å². The van der Waals surface area contributed by atoms with Crippen LogP contribution in [-0.4, -0.2) is 113 Å². The Morgan fingerprint density at radius 2 is 1.59 bits per heavy atom. The number of pyridine rings is 1. The largest absolute Gasteiger partial charge is 0.465 e. The number of carbonyl (C=O) groups is 5. The SMILES string of the molecule is CC[C@H](C)[C@@H](C(=O)N[C@@H](Cc1ccccc1)[C@@H](O)CN(Cc1ccc(C(=O)OC)cc1)NC(=O)[C@@H](NC(=O)OC)C(C)(C)C)N1CCN(Cc2cccc(C)n2)C1=O. The second-order valence-electron chi connectivity index (χ2n) is 15.9. The predicted octanol–water partition coefficient (Wildman–Crippen LogP) is 4.22. The summed E-state index contributed by atoms with van der Waals surface area (Å²) in [5.41, 5.74) is 5.63. The molecule has 4 N–H and O–H groups in total. The maximum atomic E-state index is 14.5. The van der Waals surface area contributed by atoms with Gasteiger partial charge in [0.05, 0.1) is 44.2 Å². The van der Waals surface area contributed by atoms with E-state index in [2.05, 4.69) is 21.0 Å². The fraction of sp³-hybridized carbons (Fsp3) is 0.488. The van der Waals surface area contributed by atoms with Crippen molar-refractivity contribution in [2.75, 3.05) is 33.9 Å². The predicted molar refractivity (Wildman–Crippen MR) is 218 cm³/mol. The third-order valence-electron chi connectivity index (χ3n) is 10.3. The summed E-state index contributed by atoms with van der Waals surface area (Å²) in [6.45, 7) is 12.2. The highest BCUT2D eigenvalue weighted by Crippen LogP contribution is 2.24. The molecule has 2 aromatic carbocycles. The van der Waals surface area contributed by atoms with E-state index in [4.69, 9.17) is 9.47 Å². The Balaban J connectivity index is 1.63. The van der Waals surface area contributed by atoms with E-state index in [1.165, 1.54) is 19.2 Å². The van der Waals surface area contributed by atoms with E-state index in [0.717, 1.165) is 17.0 Å². The Hall–Kier alpha value is -5.54. The minimum absolute atomic E-state index is 0.0781. The zero-order valence-corrected chi connectivity index (χ0v) is 34.9. The third kappa shape index (κ3) is 12.5. The van der Waals surface area contributed by atoms with Crippen molar-refractivity contribution in [3.8, 4) is 0 Å². The molecule has 0 saturated carbocycles. The first-order chi connectivity index (χ1) is 27.5. The van der Waals surface area contributed by atoms with E-state index in [9.17, 15) is 29.1 Å². The summed E-state index contributed by atoms with van der Waals surface area (Å²) in [5, 5.41) is 19.3. The lowest BCUT2D eigenvalue weighted by atomic mass is 9.86. The minimum Gasteiger partial charge on any atom is -0.465 e. The Bertz CT molecular complexity index is 1850. The molecule has 1 fully saturated rings. The van der Waals surface area contributed by atoms with Crippen molar-refractivity contribution in [3.63, 3.8) is 0 Å². The molecule has 3 aromatic rings. The van der Waals surface area contributed by atoms with E-state index < -0.39 is 53.5 Å². The molecule has 1 aliphatic heterocycles. The summed E-state index contributed by atoms with van der Waals surface area (Å²) in [4.78, 5) is 74.5. The number of carbonyl (C=O) groups excluding carboxylic acids is 5. The van der Waals surface area contributed by atoms with Gasteiger partial charge in [0.1, 0.15) is 12.1 Å². The zero-order chi connectivity index (χ0) is 42.6. The van der Waals surface area contributed by atoms with Crippen LogP contribution < -0.4 is 16.1 Å². The maximum Gasteiger partial charge on any atom is 0.407 e. The normalized spacial score (nSPS) is 15.6. The van der Waals surface area contributed by atoms with Crippen LogP contribution in [-0.2, 0) is 38.6 Å². The Morgan fingerprint density at radius 1 is 0.897 bits per heavy atom. The van der Waals surface area contributed by atoms with Crippen LogP contribution >= 0.6 is 0 Å². The van der Waals surface area contributed by atoms with E-state index in [1.807, 2.05) is 69.3 Å². The van der Waals surface area contributed by atoms with Crippen molar-refractivity contribution in [2.24, 2.45) is 11.3 Å². The Morgan fingerprint density at radius 3 is 2.19 bits per heavy atom. The number of nitrogens with one attached hydrogen (secondary N) is 3. The molecule has 0 unspecified atom stereocenters. The number of urea groups is 1. The molecular weight excluding hydrogens is 743 g/mol. The number of hydrogen-bond donors (Lipinski definition) is 4. The van der Waals surface area contributed by atoms with Crippen LogP contribution in [0.4, 0.5) is 9.59 Å². The third-order valence-corrected chi connectivity index (χ3v) is 10.3. The molecule has 314 valence electrons. The highest BCUT2D eigenvalue weighted by atomic mass is 16.5. The van der Waals surface area contributed by atoms with Crippen molar-refractivity contribution in [1.29, 1.82) is 0 Å². The number of alkyl carbamates (subject to hydrolysis) is 1. The van der Waals surface area contributed by atoms with Crippen molar-refractivity contribution < 1.29 is 38.6 Å². The van der Waals surface area contributed by atoms with Crippen molar-refractivity contribution in [2.45, 2.75) is 91.7 Å². The average Bonchev–Trinajstić information content (AvgIpc) is 3.54. The molecule has 4 rings (SSSR count). The standard InChI is InChI=1S/C43H59N7O8/c1-9-28(2)36(50-23-22-48(42(50)56)26-33-17-13-14-29(3)44-33)38(52)45-34(24-30-15-11-10-12-16-30)35(51)27-49(25-31-18-20-32(21-19-31)40(54)57-7)47-39(53)37(43(4,5)6)46-41(55)58-8/h10-21,28,34-37,51H,9,22-27H2,1-8H3,(H,45,52)(H,46,55)(H,47,53)/t28-,34-,35-,36-,37+/m0/s1. The smallest absolute Gasteiger partial charge is 0.407 e. The van der Waals surface area contributed by atoms with Gasteiger partial charge in [-0.05, 0) is 60.1 Å². The number of aliphatic hydroxyl groups excluding tert-OH is 1. The van der Waals surface area contributed by atoms with E-state index >= 15 is 0 Å². The summed E-state index contributed by atoms with van der Waals surface area (Å²) in [5.74, 6) is -1.68. The van der Waals surface area contributed by atoms with Crippen LogP contribution in [0.3, 0.4) is 0 Å². The van der Waals surface area contributed by atoms with Crippen LogP contribution in [0.15, 0.2) is 72.8 Å². The van der Waals surface area contributed by atoms with Gasteiger partial charge in [-0.2, -0.15) is 0 Å². The molecule has 0 radical (unpaired) electrons. The summed E-state index contributed by atoms with van der Waals surface area (Å²) < 4.78 is 9.62. The lowest BCUT2D eigenvalue weighted by Crippen LogP contribution is -2.60. The first kappa shape index (κ1) is 45.2. The molecule has 58 heavy (non-hydrogen) atoms. The fourth-order valence-corrected chi connectivity index (χ4v) is 6.90. The molecule has 0 aliphatic carbocycles. The van der Waals surface area contributed by atoms with Gasteiger partial charge in [0, 0.05) is 31.9 Å². The molecule has 0 bridgehead atoms. The maximum absolute atomic E-state index is 14.5. The van der Waals surface area contributed by atoms with E-state index in [1.54, 1.807) is 54.8 Å². The van der Waals surface area contributed by atoms with E-state index in [-0.39, 0.29) is 31.5 Å². The van der Waals surface area contributed by atoms with Gasteiger partial charge in [-0.15, -0.1) is 0 Å². The Kier molecular flexibility index (Phi) is 16.2. The average molecular weight is 802 g/mol. The molecular formula is C43H59N7O8. The van der Waals surface area contributed by atoms with Crippen molar-refractivity contribution in [1.82, 2.24) is 35.9 Å². The second-order valence-corrected chi connectivity index (χ2v) is 15.9. The van der Waals surface area contributed by atoms with Gasteiger partial charge in [-0.3, -0.25) is 20.0 Å². The molecule has 5 amide bonds. The van der Waals surface area contributed by atoms with Crippen LogP contribution in [0.5, 0.6) is 0 Å². The number of hydrogen-bond acceptors (Lipinski definition) is 10. The lowest BCUT2D eigenvalue weighted by Gasteiger charge is -2.36. The minimum atomic E-state index is -1.25. The number of nitrogens with zero attached hydrogens (tertiary/aromatic N) is 4. The number of methoxy groups -OCH3 is 2. The number of aliphatic hydroxyl groups is 1. The van der Waals surface area contributed by atoms with Gasteiger partial charge >= 0.3 is 18.1 Å². The van der Waals surface area contributed by atoms with Gasteiger partial charge in [-0.1, -0.05) is 89.6 Å². The number of aryl methyl sites for hydroxylation is 1. The van der Waals surface area contributed by atoms with Gasteiger partial charge in [0.2, 0.25) is 5.91 Å². The van der Waals surface area contributed by atoms with Crippen LogP contribution in [0.2, 0.25) is 0 Å². The Labute approximate surface area is 341 Å². The zero-order valence-electron chi connectivity index (χ0n) is 34.9. The molecule has 1 aliphatic rings. The van der Waals surface area contributed by atoms with Gasteiger partial charge in [-0.25, -0.2) is 19.4 Å². The number of rotatable bonds is 18. The summed E-state index contributed by atoms with van der Waals surface area (Å²) >= 11 is 0. The quantitative estimate of drug-likeness (QED) is 0.107. The van der Waals surface area contributed by atoms with Crippen LogP contribution in [0.1, 0.15) is 73.9 Å². The molecule has 15 nitrogen and oxygen atoms in total. The molecule has 5 atom stereocenters. The van der Waals surface area contributed by atoms with Crippen LogP contribution in [0.25, 0.3) is 0 Å². The molecule has 0 spiro atoms. The molecule has 1 aromatic heterocycles. The van der Waals surface area contributed by atoms with Crippen molar-refractivity contribution >= 4 is 29.9 Å². The van der Waals surface area contributed by atoms with Gasteiger partial charge in [0.25, 0.3) is 5.91 Å². The van der Waals surface area contributed by atoms with Gasteiger partial charge in [0.15, 0.2) is 0 Å². The molecule has 1 saturated heterocycles. The fourth-order valence-electron chi connectivity index (χ4n) is 6.90. The topological polar surface area (TPSA) is 183 Å². The number of aromatic nitrogens is 1. The number of esters is 1. The highest BCUT2D eigenvalue weighted by molar-refractivity contribution is 5.89. The van der Waals surface area contributed by atoms with Gasteiger partial charge < -0.3 is 35.0 Å². The van der Waals surface area contributed by atoms with E-state index in [0.29, 0.717) is 37.2 Å². The summed E-state index contributed by atoms with van der Waals surface area (Å²) in [7, 11) is 2.50. The number of ether oxygens (including phenoxy) is 2. The first-order valence-electron chi connectivity index (χ1n) is 19.6. The summed E-state index contributed by atoms with van der Waals surface area (Å²) in [6, 6.07) is 18.7. The number of benzene rings is 2. The monoisotopic (exact) mass is 801 g/mol. The lowest BCUT2D eigenvalue weighted by molar-refractivity contribution is -0.132. The highest BCUT2D eigenvalue weighted by Gasteiger charge is 2.41. The second kappa shape index (κ2) is 20.8. The number of hydrazine groups is 1. The summed E-state index contributed by atoms with van der Waals surface area (Å²) in [6.07, 6.45) is -1.18. The first-order valence-corrected chi connectivity index (χ1v) is 19.6. The molecule has 15 heteroatoms. The van der Waals surface area contributed by atoms with Crippen LogP contribution in [0, 0.1) is 18.3 Å². The molecule has 2 heterocycles. The number of amides is 5.